The van der Waals surface area contributed by atoms with Gasteiger partial charge >= 0.3 is 0 Å². The normalized spacial score (nSPS) is 17.0. The number of hydrogen-bond donors (Lipinski definition) is 1. The summed E-state index contributed by atoms with van der Waals surface area (Å²) >= 11 is 0. The zero-order valence-electron chi connectivity index (χ0n) is 15.6. The van der Waals surface area contributed by atoms with Gasteiger partial charge in [-0.2, -0.15) is 0 Å². The van der Waals surface area contributed by atoms with E-state index >= 15 is 0 Å². The summed E-state index contributed by atoms with van der Waals surface area (Å²) in [7, 11) is 1.67. The molecule has 0 spiro atoms. The molecule has 1 fully saturated rings. The Hall–Kier alpha value is -2.26. The lowest BCUT2D eigenvalue weighted by Crippen LogP contribution is -3.15. The number of nitrogens with one attached hydrogen (secondary N) is 1. The molecule has 1 atom stereocenters. The van der Waals surface area contributed by atoms with Crippen molar-refractivity contribution in [2.24, 2.45) is 5.92 Å². The first-order valence-corrected chi connectivity index (χ1v) is 9.04. The minimum Gasteiger partial charge on any atom is -0.459 e. The molecule has 1 aliphatic rings. The molecule has 26 heavy (non-hydrogen) atoms. The predicted molar refractivity (Wildman–Crippen MR) is 92.6 cm³/mol. The maximum atomic E-state index is 12.4. The lowest BCUT2D eigenvalue weighted by molar-refractivity contribution is -0.940. The highest BCUT2D eigenvalue weighted by atomic mass is 16.5. The van der Waals surface area contributed by atoms with Crippen molar-refractivity contribution in [3.8, 4) is 0 Å². The van der Waals surface area contributed by atoms with Crippen LogP contribution in [-0.2, 0) is 11.3 Å². The quantitative estimate of drug-likeness (QED) is 0.723. The van der Waals surface area contributed by atoms with Crippen LogP contribution < -0.4 is 4.90 Å². The molecule has 3 heterocycles. The Bertz CT molecular complexity index is 691. The van der Waals surface area contributed by atoms with E-state index in [2.05, 4.69) is 29.4 Å². The van der Waals surface area contributed by atoms with Gasteiger partial charge in [0.2, 0.25) is 5.82 Å². The van der Waals surface area contributed by atoms with Crippen molar-refractivity contribution >= 4 is 5.91 Å². The van der Waals surface area contributed by atoms with Gasteiger partial charge in [-0.3, -0.25) is 4.79 Å². The molecule has 1 amide bonds. The maximum absolute atomic E-state index is 12.4. The number of piperazine rings is 1. The lowest BCUT2D eigenvalue weighted by Gasteiger charge is -2.37. The number of aromatic nitrogens is 4. The number of hydrogen-bond acceptors (Lipinski definition) is 6. The van der Waals surface area contributed by atoms with Crippen LogP contribution in [0.2, 0.25) is 0 Å². The van der Waals surface area contributed by atoms with Crippen molar-refractivity contribution in [3.05, 3.63) is 30.0 Å². The second-order valence-corrected chi connectivity index (χ2v) is 6.90. The molecular formula is C17H27N6O3+. The summed E-state index contributed by atoms with van der Waals surface area (Å²) in [6.45, 7) is 8.68. The lowest BCUT2D eigenvalue weighted by atomic mass is 10.0. The highest BCUT2D eigenvalue weighted by Crippen LogP contribution is 2.16. The van der Waals surface area contributed by atoms with Gasteiger partial charge in [-0.15, -0.1) is 5.10 Å². The first-order valence-electron chi connectivity index (χ1n) is 9.04. The molecule has 9 heteroatoms. The Morgan fingerprint density at radius 3 is 2.77 bits per heavy atom. The average Bonchev–Trinajstić information content (AvgIpc) is 3.32. The monoisotopic (exact) mass is 363 g/mol. The Labute approximate surface area is 152 Å². The number of methoxy groups -OCH3 is 1. The smallest absolute Gasteiger partial charge is 0.289 e. The standard InChI is InChI=1S/C17H26N6O3/c1-13(2)15(16-18-19-20-23(16)10-12-25-3)21-6-8-22(9-7-21)17(24)14-5-4-11-26-14/h4-5,11,13,15H,6-10,12H2,1-3H3/p+1/t15-/m1/s1. The first-order chi connectivity index (χ1) is 12.6. The molecule has 0 bridgehead atoms. The first kappa shape index (κ1) is 18.5. The zero-order valence-corrected chi connectivity index (χ0v) is 15.6. The van der Waals surface area contributed by atoms with Gasteiger partial charge in [0.15, 0.2) is 11.8 Å². The van der Waals surface area contributed by atoms with Gasteiger partial charge in [0.05, 0.1) is 45.6 Å². The zero-order chi connectivity index (χ0) is 18.5. The van der Waals surface area contributed by atoms with Gasteiger partial charge < -0.3 is 19.0 Å². The van der Waals surface area contributed by atoms with E-state index in [1.54, 1.807) is 19.2 Å². The molecule has 0 saturated carbocycles. The summed E-state index contributed by atoms with van der Waals surface area (Å²) in [6.07, 6.45) is 1.53. The largest absolute Gasteiger partial charge is 0.459 e. The number of nitrogens with zero attached hydrogens (tertiary/aromatic N) is 5. The number of rotatable bonds is 7. The maximum Gasteiger partial charge on any atom is 0.289 e. The summed E-state index contributed by atoms with van der Waals surface area (Å²) in [4.78, 5) is 15.7. The van der Waals surface area contributed by atoms with Crippen LogP contribution in [0.1, 0.15) is 36.3 Å². The molecule has 2 aromatic rings. The third-order valence-corrected chi connectivity index (χ3v) is 4.88. The van der Waals surface area contributed by atoms with Gasteiger partial charge in [0.1, 0.15) is 0 Å². The molecule has 1 N–H and O–H groups in total. The SMILES string of the molecule is COCCn1nnnc1[C@@H](C(C)C)[NH+]1CCN(C(=O)c2ccco2)CC1. The number of amides is 1. The van der Waals surface area contributed by atoms with E-state index in [0.717, 1.165) is 18.9 Å². The average molecular weight is 363 g/mol. The number of carbonyl (C=O) groups is 1. The number of quaternary nitrogens is 1. The van der Waals surface area contributed by atoms with Crippen LogP contribution in [0.4, 0.5) is 0 Å². The van der Waals surface area contributed by atoms with Crippen LogP contribution in [0.15, 0.2) is 22.8 Å². The summed E-state index contributed by atoms with van der Waals surface area (Å²) in [5.74, 6) is 1.62. The van der Waals surface area contributed by atoms with Crippen LogP contribution >= 0.6 is 0 Å². The van der Waals surface area contributed by atoms with E-state index < -0.39 is 0 Å². The third kappa shape index (κ3) is 3.94. The molecule has 1 saturated heterocycles. The third-order valence-electron chi connectivity index (χ3n) is 4.88. The van der Waals surface area contributed by atoms with Gasteiger partial charge in [-0.25, -0.2) is 4.68 Å². The van der Waals surface area contributed by atoms with Gasteiger partial charge in [-0.1, -0.05) is 13.8 Å². The van der Waals surface area contributed by atoms with E-state index in [9.17, 15) is 4.79 Å². The van der Waals surface area contributed by atoms with E-state index in [-0.39, 0.29) is 11.9 Å². The Morgan fingerprint density at radius 2 is 2.15 bits per heavy atom. The van der Waals surface area contributed by atoms with Crippen molar-refractivity contribution in [1.29, 1.82) is 0 Å². The summed E-state index contributed by atoms with van der Waals surface area (Å²) in [5.41, 5.74) is 0. The van der Waals surface area contributed by atoms with E-state index in [1.165, 1.54) is 11.2 Å². The second kappa shape index (κ2) is 8.41. The Balaban J connectivity index is 1.67. The molecule has 2 aromatic heterocycles. The molecule has 0 radical (unpaired) electrons. The topological polar surface area (TPSA) is 90.7 Å². The fourth-order valence-electron chi connectivity index (χ4n) is 3.59. The summed E-state index contributed by atoms with van der Waals surface area (Å²) in [6, 6.07) is 3.63. The number of tetrazole rings is 1. The number of carbonyl (C=O) groups excluding carboxylic acids is 1. The summed E-state index contributed by atoms with van der Waals surface area (Å²) < 4.78 is 12.2. The van der Waals surface area contributed by atoms with Crippen molar-refractivity contribution < 1.29 is 18.8 Å². The second-order valence-electron chi connectivity index (χ2n) is 6.90. The molecule has 142 valence electrons. The minimum absolute atomic E-state index is 0.0416. The van der Waals surface area contributed by atoms with Crippen LogP contribution in [0, 0.1) is 5.92 Å². The predicted octanol–water partition coefficient (Wildman–Crippen LogP) is -0.349. The van der Waals surface area contributed by atoms with E-state index in [1.807, 2.05) is 9.58 Å². The van der Waals surface area contributed by atoms with Crippen molar-refractivity contribution in [3.63, 3.8) is 0 Å². The Morgan fingerprint density at radius 1 is 1.38 bits per heavy atom. The molecule has 0 aliphatic carbocycles. The molecule has 3 rings (SSSR count). The van der Waals surface area contributed by atoms with Crippen molar-refractivity contribution in [1.82, 2.24) is 25.1 Å². The van der Waals surface area contributed by atoms with Crippen LogP contribution in [-0.4, -0.2) is 70.9 Å². The fraction of sp³-hybridized carbons (Fsp3) is 0.647. The van der Waals surface area contributed by atoms with E-state index in [0.29, 0.717) is 37.9 Å². The van der Waals surface area contributed by atoms with Gasteiger partial charge in [0, 0.05) is 13.0 Å². The van der Waals surface area contributed by atoms with Crippen molar-refractivity contribution in [2.45, 2.75) is 26.4 Å². The minimum atomic E-state index is -0.0416. The van der Waals surface area contributed by atoms with Gasteiger partial charge in [0.25, 0.3) is 5.91 Å². The summed E-state index contributed by atoms with van der Waals surface area (Å²) in [5, 5.41) is 12.3. The number of furan rings is 1. The molecule has 0 unspecified atom stereocenters. The Kier molecular flexibility index (Phi) is 6.00. The fourth-order valence-corrected chi connectivity index (χ4v) is 3.59. The highest BCUT2D eigenvalue weighted by Gasteiger charge is 2.36. The van der Waals surface area contributed by atoms with Crippen LogP contribution in [0.5, 0.6) is 0 Å². The molecular weight excluding hydrogens is 336 g/mol. The number of ether oxygens (including phenoxy) is 1. The molecule has 1 aliphatic heterocycles. The van der Waals surface area contributed by atoms with Crippen LogP contribution in [0.25, 0.3) is 0 Å². The van der Waals surface area contributed by atoms with Gasteiger partial charge in [-0.05, 0) is 22.6 Å². The van der Waals surface area contributed by atoms with E-state index in [4.69, 9.17) is 9.15 Å². The molecule has 9 nitrogen and oxygen atoms in total. The molecule has 0 aromatic carbocycles. The highest BCUT2D eigenvalue weighted by molar-refractivity contribution is 5.91. The van der Waals surface area contributed by atoms with Crippen molar-refractivity contribution in [2.75, 3.05) is 39.9 Å². The van der Waals surface area contributed by atoms with Crippen LogP contribution in [0.3, 0.4) is 0 Å².